The van der Waals surface area contributed by atoms with Crippen LogP contribution in [-0.2, 0) is 11.3 Å². The number of amides is 1. The first-order valence-corrected chi connectivity index (χ1v) is 11.8. The minimum absolute atomic E-state index is 0.0376. The third-order valence-electron chi connectivity index (χ3n) is 5.16. The summed E-state index contributed by atoms with van der Waals surface area (Å²) in [6, 6.07) is 19.4. The van der Waals surface area contributed by atoms with Gasteiger partial charge in [-0.25, -0.2) is 4.98 Å². The molecule has 4 rings (SSSR count). The molecule has 0 radical (unpaired) electrons. The minimum Gasteiger partial charge on any atom is -0.315 e. The normalized spacial score (nSPS) is 12.1. The molecule has 2 heterocycles. The van der Waals surface area contributed by atoms with E-state index < -0.39 is 0 Å². The van der Waals surface area contributed by atoms with Gasteiger partial charge in [0.25, 0.3) is 5.56 Å². The van der Waals surface area contributed by atoms with Crippen LogP contribution in [0.15, 0.2) is 76.0 Å². The van der Waals surface area contributed by atoms with E-state index in [-0.39, 0.29) is 16.7 Å². The average Bonchev–Trinajstić information content (AvgIpc) is 3.23. The smallest absolute Gasteiger partial charge is 0.263 e. The van der Waals surface area contributed by atoms with Gasteiger partial charge >= 0.3 is 0 Å². The number of rotatable bonds is 6. The van der Waals surface area contributed by atoms with Crippen LogP contribution in [0.1, 0.15) is 13.8 Å². The van der Waals surface area contributed by atoms with E-state index in [2.05, 4.69) is 0 Å². The number of carbonyl (C=O) groups is 1. The van der Waals surface area contributed by atoms with E-state index >= 15 is 0 Å². The number of nitrogens with zero attached hydrogens (tertiary/aromatic N) is 3. The Kier molecular flexibility index (Phi) is 6.25. The first-order valence-electron chi connectivity index (χ1n) is 10.1. The summed E-state index contributed by atoms with van der Waals surface area (Å²) in [6.07, 6.45) is 0. The number of hydrogen-bond acceptors (Lipinski definition) is 5. The van der Waals surface area contributed by atoms with Crippen molar-refractivity contribution < 1.29 is 4.79 Å². The van der Waals surface area contributed by atoms with Crippen molar-refractivity contribution in [1.29, 1.82) is 0 Å². The molecule has 0 fully saturated rings. The molecule has 0 saturated carbocycles. The van der Waals surface area contributed by atoms with Crippen LogP contribution in [0.4, 0.5) is 5.69 Å². The molecule has 0 spiro atoms. The maximum atomic E-state index is 13.4. The standard InChI is InChI=1S/C24H23N3O2S2/c1-4-27-23(29)20-19(17-11-7-5-8-12-17)15-30-21(20)25-24(27)31-16(2)22(28)26(3)18-13-9-6-10-14-18/h5-16H,4H2,1-3H3/t16-/m1/s1. The number of fused-ring (bicyclic) bond motifs is 1. The highest BCUT2D eigenvalue weighted by Gasteiger charge is 2.23. The van der Waals surface area contributed by atoms with Gasteiger partial charge in [-0.3, -0.25) is 14.2 Å². The molecule has 1 amide bonds. The molecule has 0 bridgehead atoms. The van der Waals surface area contributed by atoms with Crippen molar-refractivity contribution in [3.63, 3.8) is 0 Å². The zero-order chi connectivity index (χ0) is 22.0. The van der Waals surface area contributed by atoms with Gasteiger partial charge in [-0.15, -0.1) is 11.3 Å². The lowest BCUT2D eigenvalue weighted by Gasteiger charge is -2.21. The molecule has 1 atom stereocenters. The van der Waals surface area contributed by atoms with Crippen LogP contribution in [0.3, 0.4) is 0 Å². The Morgan fingerprint density at radius 3 is 2.42 bits per heavy atom. The fraction of sp³-hybridized carbons (Fsp3) is 0.208. The number of anilines is 1. The molecule has 0 saturated heterocycles. The van der Waals surface area contributed by atoms with Gasteiger partial charge in [-0.2, -0.15) is 0 Å². The van der Waals surface area contributed by atoms with Gasteiger partial charge in [0.15, 0.2) is 5.16 Å². The molecule has 158 valence electrons. The van der Waals surface area contributed by atoms with Crippen molar-refractivity contribution in [2.45, 2.75) is 30.8 Å². The number of benzene rings is 2. The van der Waals surface area contributed by atoms with E-state index in [1.165, 1.54) is 23.1 Å². The molecule has 0 aliphatic rings. The number of thioether (sulfide) groups is 1. The van der Waals surface area contributed by atoms with Crippen molar-refractivity contribution in [2.24, 2.45) is 0 Å². The molecular weight excluding hydrogens is 426 g/mol. The molecule has 5 nitrogen and oxygen atoms in total. The van der Waals surface area contributed by atoms with Gasteiger partial charge < -0.3 is 4.90 Å². The largest absolute Gasteiger partial charge is 0.315 e. The average molecular weight is 450 g/mol. The lowest BCUT2D eigenvalue weighted by Crippen LogP contribution is -2.34. The molecular formula is C24H23N3O2S2. The molecule has 31 heavy (non-hydrogen) atoms. The molecule has 0 aliphatic heterocycles. The van der Waals surface area contributed by atoms with Crippen LogP contribution in [0.5, 0.6) is 0 Å². The zero-order valence-corrected chi connectivity index (χ0v) is 19.2. The van der Waals surface area contributed by atoms with Crippen LogP contribution in [0.2, 0.25) is 0 Å². The number of thiophene rings is 1. The van der Waals surface area contributed by atoms with Gasteiger partial charge in [0.2, 0.25) is 5.91 Å². The maximum absolute atomic E-state index is 13.4. The molecule has 2 aromatic carbocycles. The topological polar surface area (TPSA) is 55.2 Å². The first kappa shape index (κ1) is 21.3. The summed E-state index contributed by atoms with van der Waals surface area (Å²) in [4.78, 5) is 33.5. The fourth-order valence-corrected chi connectivity index (χ4v) is 5.52. The summed E-state index contributed by atoms with van der Waals surface area (Å²) in [7, 11) is 1.77. The molecule has 0 N–H and O–H groups in total. The van der Waals surface area contributed by atoms with Crippen LogP contribution in [0, 0.1) is 0 Å². The predicted octanol–water partition coefficient (Wildman–Crippen LogP) is 5.29. The van der Waals surface area contributed by atoms with E-state index in [9.17, 15) is 9.59 Å². The fourth-order valence-electron chi connectivity index (χ4n) is 3.46. The zero-order valence-electron chi connectivity index (χ0n) is 17.6. The van der Waals surface area contributed by atoms with Crippen molar-refractivity contribution in [3.05, 3.63) is 76.4 Å². The van der Waals surface area contributed by atoms with Gasteiger partial charge in [-0.05, 0) is 31.5 Å². The van der Waals surface area contributed by atoms with Gasteiger partial charge in [-0.1, -0.05) is 60.3 Å². The number of hydrogen-bond donors (Lipinski definition) is 0. The van der Waals surface area contributed by atoms with Gasteiger partial charge in [0, 0.05) is 30.2 Å². The van der Waals surface area contributed by atoms with E-state index in [1.54, 1.807) is 16.5 Å². The van der Waals surface area contributed by atoms with Crippen LogP contribution >= 0.6 is 23.1 Å². The molecule has 7 heteroatoms. The quantitative estimate of drug-likeness (QED) is 0.297. The van der Waals surface area contributed by atoms with E-state index in [0.717, 1.165) is 16.8 Å². The lowest BCUT2D eigenvalue weighted by atomic mass is 10.1. The van der Waals surface area contributed by atoms with Crippen LogP contribution in [0.25, 0.3) is 21.3 Å². The molecule has 0 unspecified atom stereocenters. The molecule has 0 aliphatic carbocycles. The van der Waals surface area contributed by atoms with Crippen molar-refractivity contribution in [3.8, 4) is 11.1 Å². The lowest BCUT2D eigenvalue weighted by molar-refractivity contribution is -0.117. The summed E-state index contributed by atoms with van der Waals surface area (Å²) in [5.41, 5.74) is 2.68. The Morgan fingerprint density at radius 2 is 1.77 bits per heavy atom. The second-order valence-corrected chi connectivity index (χ2v) is 9.30. The first-order chi connectivity index (χ1) is 15.0. The Balaban J connectivity index is 1.68. The minimum atomic E-state index is -0.388. The Bertz CT molecular complexity index is 1270. The SMILES string of the molecule is CCn1c(S[C@H](C)C(=O)N(C)c2ccccc2)nc2scc(-c3ccccc3)c2c1=O. The van der Waals surface area contributed by atoms with Crippen LogP contribution in [-0.4, -0.2) is 27.8 Å². The van der Waals surface area contributed by atoms with Crippen molar-refractivity contribution in [2.75, 3.05) is 11.9 Å². The van der Waals surface area contributed by atoms with Gasteiger partial charge in [0.1, 0.15) is 4.83 Å². The van der Waals surface area contributed by atoms with Gasteiger partial charge in [0.05, 0.1) is 10.6 Å². The summed E-state index contributed by atoms with van der Waals surface area (Å²) in [5, 5.41) is 2.81. The Morgan fingerprint density at radius 1 is 1.13 bits per heavy atom. The number of para-hydroxylation sites is 1. The predicted molar refractivity (Wildman–Crippen MR) is 130 cm³/mol. The van der Waals surface area contributed by atoms with E-state index in [0.29, 0.717) is 21.9 Å². The molecule has 4 aromatic rings. The summed E-state index contributed by atoms with van der Waals surface area (Å²) < 4.78 is 1.67. The van der Waals surface area contributed by atoms with E-state index in [1.807, 2.05) is 79.9 Å². The number of aromatic nitrogens is 2. The Hall–Kier alpha value is -2.90. The highest BCUT2D eigenvalue weighted by molar-refractivity contribution is 8.00. The monoisotopic (exact) mass is 449 g/mol. The number of carbonyl (C=O) groups excluding carboxylic acids is 1. The summed E-state index contributed by atoms with van der Waals surface area (Å²) in [5.74, 6) is -0.0376. The van der Waals surface area contributed by atoms with Crippen molar-refractivity contribution >= 4 is 44.9 Å². The highest BCUT2D eigenvalue weighted by atomic mass is 32.2. The highest BCUT2D eigenvalue weighted by Crippen LogP contribution is 2.33. The third-order valence-corrected chi connectivity index (χ3v) is 7.11. The maximum Gasteiger partial charge on any atom is 0.263 e. The second kappa shape index (κ2) is 9.08. The third kappa shape index (κ3) is 4.16. The Labute approximate surface area is 189 Å². The summed E-state index contributed by atoms with van der Waals surface area (Å²) in [6.45, 7) is 4.27. The molecule has 2 aromatic heterocycles. The summed E-state index contributed by atoms with van der Waals surface area (Å²) >= 11 is 2.79. The second-order valence-electron chi connectivity index (χ2n) is 7.13. The van der Waals surface area contributed by atoms with Crippen LogP contribution < -0.4 is 10.5 Å². The van der Waals surface area contributed by atoms with E-state index in [4.69, 9.17) is 4.98 Å². The van der Waals surface area contributed by atoms with Crippen molar-refractivity contribution in [1.82, 2.24) is 9.55 Å².